The van der Waals surface area contributed by atoms with E-state index in [0.29, 0.717) is 0 Å². The zero-order valence-electron chi connectivity index (χ0n) is 18.9. The molecule has 2 heterocycles. The van der Waals surface area contributed by atoms with E-state index in [1.165, 1.54) is 32.1 Å². The zero-order valence-corrected chi connectivity index (χ0v) is 21.2. The third kappa shape index (κ3) is 7.37. The van der Waals surface area contributed by atoms with E-state index in [9.17, 15) is 0 Å². The van der Waals surface area contributed by atoms with Gasteiger partial charge in [0.05, 0.1) is 19.8 Å². The molecule has 30 heavy (non-hydrogen) atoms. The number of guanidine groups is 1. The Morgan fingerprint density at radius 2 is 1.93 bits per heavy atom. The van der Waals surface area contributed by atoms with Crippen LogP contribution in [-0.4, -0.2) is 71.9 Å². The lowest BCUT2D eigenvalue weighted by Crippen LogP contribution is -2.56. The Bertz CT molecular complexity index is 623. The molecule has 1 aliphatic carbocycles. The minimum atomic E-state index is 0. The number of aromatic nitrogens is 2. The standard InChI is InChI=1S/C22H40N6O.HI/c1-3-23-21(25-11-7-8-13-27-14-12-24-20(27)2)26-19-22(9-5-4-6-10-22)28-15-17-29-18-16-28;/h12,14H,3-11,13,15-19H2,1-2H3,(H2,23,25,26);1H. The Hall–Kier alpha value is -0.870. The fraction of sp³-hybridized carbons (Fsp3) is 0.818. The molecule has 3 rings (SSSR count). The van der Waals surface area contributed by atoms with Crippen LogP contribution in [0, 0.1) is 6.92 Å². The van der Waals surface area contributed by atoms with Gasteiger partial charge in [-0.25, -0.2) is 4.98 Å². The van der Waals surface area contributed by atoms with Crippen LogP contribution >= 0.6 is 24.0 Å². The molecule has 0 aromatic carbocycles. The molecule has 1 aliphatic heterocycles. The highest BCUT2D eigenvalue weighted by atomic mass is 127. The lowest BCUT2D eigenvalue weighted by atomic mass is 9.80. The van der Waals surface area contributed by atoms with Crippen LogP contribution in [0.5, 0.6) is 0 Å². The predicted octanol–water partition coefficient (Wildman–Crippen LogP) is 3.18. The summed E-state index contributed by atoms with van der Waals surface area (Å²) in [6.07, 6.45) is 12.7. The van der Waals surface area contributed by atoms with E-state index in [1.54, 1.807) is 0 Å². The van der Waals surface area contributed by atoms with Gasteiger partial charge in [0.25, 0.3) is 0 Å². The number of halogens is 1. The maximum absolute atomic E-state index is 5.60. The van der Waals surface area contributed by atoms with E-state index in [4.69, 9.17) is 9.73 Å². The molecule has 0 atom stereocenters. The predicted molar refractivity (Wildman–Crippen MR) is 134 cm³/mol. The van der Waals surface area contributed by atoms with E-state index in [1.807, 2.05) is 6.20 Å². The van der Waals surface area contributed by atoms with Crippen LogP contribution < -0.4 is 10.6 Å². The van der Waals surface area contributed by atoms with Crippen molar-refractivity contribution in [1.82, 2.24) is 25.1 Å². The summed E-state index contributed by atoms with van der Waals surface area (Å²) in [7, 11) is 0. The van der Waals surface area contributed by atoms with Crippen molar-refractivity contribution in [3.05, 3.63) is 18.2 Å². The minimum absolute atomic E-state index is 0. The maximum Gasteiger partial charge on any atom is 0.191 e. The molecule has 7 nitrogen and oxygen atoms in total. The van der Waals surface area contributed by atoms with Crippen LogP contribution in [0.4, 0.5) is 0 Å². The van der Waals surface area contributed by atoms with Gasteiger partial charge in [-0.15, -0.1) is 24.0 Å². The third-order valence-corrected chi connectivity index (χ3v) is 6.38. The Balaban J connectivity index is 0.00000320. The molecule has 2 fully saturated rings. The molecular formula is C22H41IN6O. The molecule has 8 heteroatoms. The topological polar surface area (TPSA) is 66.7 Å². The highest BCUT2D eigenvalue weighted by Crippen LogP contribution is 2.34. The molecule has 1 saturated heterocycles. The summed E-state index contributed by atoms with van der Waals surface area (Å²) >= 11 is 0. The summed E-state index contributed by atoms with van der Waals surface area (Å²) in [4.78, 5) is 12.0. The number of unbranched alkanes of at least 4 members (excludes halogenated alkanes) is 1. The van der Waals surface area contributed by atoms with Gasteiger partial charge in [0.2, 0.25) is 0 Å². The van der Waals surface area contributed by atoms with Crippen LogP contribution in [0.3, 0.4) is 0 Å². The van der Waals surface area contributed by atoms with Gasteiger partial charge in [-0.1, -0.05) is 19.3 Å². The molecule has 0 bridgehead atoms. The van der Waals surface area contributed by atoms with Crippen molar-refractivity contribution in [3.63, 3.8) is 0 Å². The number of rotatable bonds is 9. The van der Waals surface area contributed by atoms with E-state index < -0.39 is 0 Å². The molecule has 1 aromatic heterocycles. The van der Waals surface area contributed by atoms with Crippen molar-refractivity contribution >= 4 is 29.9 Å². The number of imidazole rings is 1. The van der Waals surface area contributed by atoms with Crippen LogP contribution in [0.2, 0.25) is 0 Å². The van der Waals surface area contributed by atoms with Crippen molar-refractivity contribution in [2.24, 2.45) is 4.99 Å². The zero-order chi connectivity index (χ0) is 20.4. The second-order valence-corrected chi connectivity index (χ2v) is 8.38. The Kier molecular flexibility index (Phi) is 11.4. The average Bonchev–Trinajstić information content (AvgIpc) is 3.17. The molecule has 2 aliphatic rings. The summed E-state index contributed by atoms with van der Waals surface area (Å²) in [5, 5.41) is 6.98. The van der Waals surface area contributed by atoms with Crippen molar-refractivity contribution in [2.45, 2.75) is 70.9 Å². The van der Waals surface area contributed by atoms with Gasteiger partial charge in [0.1, 0.15) is 5.82 Å². The number of hydrogen-bond donors (Lipinski definition) is 2. The van der Waals surface area contributed by atoms with Crippen molar-refractivity contribution in [1.29, 1.82) is 0 Å². The monoisotopic (exact) mass is 532 g/mol. The second kappa shape index (κ2) is 13.5. The Morgan fingerprint density at radius 1 is 1.17 bits per heavy atom. The molecule has 1 saturated carbocycles. The number of aliphatic imine (C=N–C) groups is 1. The summed E-state index contributed by atoms with van der Waals surface area (Å²) in [5.41, 5.74) is 0.226. The van der Waals surface area contributed by atoms with Gasteiger partial charge >= 0.3 is 0 Å². The minimum Gasteiger partial charge on any atom is -0.379 e. The Morgan fingerprint density at radius 3 is 2.60 bits per heavy atom. The quantitative estimate of drug-likeness (QED) is 0.222. The second-order valence-electron chi connectivity index (χ2n) is 8.38. The van der Waals surface area contributed by atoms with Crippen LogP contribution in [0.25, 0.3) is 0 Å². The average molecular weight is 533 g/mol. The fourth-order valence-corrected chi connectivity index (χ4v) is 4.64. The summed E-state index contributed by atoms with van der Waals surface area (Å²) in [6.45, 7) is 11.8. The molecule has 2 N–H and O–H groups in total. The maximum atomic E-state index is 5.60. The molecule has 1 aromatic rings. The first-order valence-electron chi connectivity index (χ1n) is 11.6. The molecule has 0 spiro atoms. The fourth-order valence-electron chi connectivity index (χ4n) is 4.64. The number of hydrogen-bond acceptors (Lipinski definition) is 4. The lowest BCUT2D eigenvalue weighted by Gasteiger charge is -2.47. The van der Waals surface area contributed by atoms with Crippen LogP contribution in [0.15, 0.2) is 17.4 Å². The summed E-state index contributed by atoms with van der Waals surface area (Å²) in [6, 6.07) is 0. The van der Waals surface area contributed by atoms with Crippen molar-refractivity contribution in [2.75, 3.05) is 45.9 Å². The summed E-state index contributed by atoms with van der Waals surface area (Å²) < 4.78 is 7.82. The van der Waals surface area contributed by atoms with Crippen molar-refractivity contribution < 1.29 is 4.74 Å². The highest BCUT2D eigenvalue weighted by molar-refractivity contribution is 14.0. The SMILES string of the molecule is CCNC(=NCC1(N2CCOCC2)CCCCC1)NCCCCn1ccnc1C.I. The van der Waals surface area contributed by atoms with E-state index >= 15 is 0 Å². The van der Waals surface area contributed by atoms with Gasteiger partial charge < -0.3 is 19.9 Å². The smallest absolute Gasteiger partial charge is 0.191 e. The van der Waals surface area contributed by atoms with E-state index in [2.05, 4.69) is 45.1 Å². The van der Waals surface area contributed by atoms with Gasteiger partial charge in [-0.3, -0.25) is 9.89 Å². The first kappa shape index (κ1) is 25.4. The lowest BCUT2D eigenvalue weighted by molar-refractivity contribution is -0.0333. The molecule has 172 valence electrons. The van der Waals surface area contributed by atoms with Gasteiger partial charge in [0, 0.05) is 50.7 Å². The number of morpholine rings is 1. The summed E-state index contributed by atoms with van der Waals surface area (Å²) in [5.74, 6) is 2.05. The van der Waals surface area contributed by atoms with E-state index in [0.717, 1.165) is 77.1 Å². The van der Waals surface area contributed by atoms with Gasteiger partial charge in [0.15, 0.2) is 5.96 Å². The molecule has 0 unspecified atom stereocenters. The number of aryl methyl sites for hydroxylation is 2. The number of nitrogens with zero attached hydrogens (tertiary/aromatic N) is 4. The normalized spacial score (nSPS) is 19.9. The van der Waals surface area contributed by atoms with E-state index in [-0.39, 0.29) is 29.5 Å². The van der Waals surface area contributed by atoms with Crippen molar-refractivity contribution in [3.8, 4) is 0 Å². The number of ether oxygens (including phenoxy) is 1. The van der Waals surface area contributed by atoms with Gasteiger partial charge in [-0.05, 0) is 39.5 Å². The van der Waals surface area contributed by atoms with Crippen LogP contribution in [0.1, 0.15) is 57.7 Å². The highest BCUT2D eigenvalue weighted by Gasteiger charge is 2.38. The Labute approximate surface area is 199 Å². The van der Waals surface area contributed by atoms with Gasteiger partial charge in [-0.2, -0.15) is 0 Å². The first-order chi connectivity index (χ1) is 14.2. The largest absolute Gasteiger partial charge is 0.379 e. The molecular weight excluding hydrogens is 491 g/mol. The first-order valence-corrected chi connectivity index (χ1v) is 11.6. The van der Waals surface area contributed by atoms with Crippen LogP contribution in [-0.2, 0) is 11.3 Å². The third-order valence-electron chi connectivity index (χ3n) is 6.38. The number of nitrogens with one attached hydrogen (secondary N) is 2. The molecule has 0 radical (unpaired) electrons. The molecule has 0 amide bonds.